The Hall–Kier alpha value is -2.52. The van der Waals surface area contributed by atoms with Gasteiger partial charge in [0.25, 0.3) is 5.91 Å². The predicted molar refractivity (Wildman–Crippen MR) is 96.5 cm³/mol. The molecule has 0 saturated carbocycles. The maximum Gasteiger partial charge on any atom is 0.266 e. The molecule has 0 atom stereocenters. The summed E-state index contributed by atoms with van der Waals surface area (Å²) in [6.45, 7) is 1.95. The number of carbonyl (C=O) groups is 1. The topological polar surface area (TPSA) is 69.3 Å². The lowest BCUT2D eigenvalue weighted by atomic mass is 10.2. The number of hydrogen-bond donors (Lipinski definition) is 1. The summed E-state index contributed by atoms with van der Waals surface area (Å²) < 4.78 is 6.49. The Kier molecular flexibility index (Phi) is 5.02. The van der Waals surface area contributed by atoms with Crippen molar-refractivity contribution in [3.05, 3.63) is 52.2 Å². The van der Waals surface area contributed by atoms with Crippen LogP contribution in [0.2, 0.25) is 0 Å². The third-order valence-electron chi connectivity index (χ3n) is 3.80. The number of hydrogen-bond acceptors (Lipinski definition) is 4. The van der Waals surface area contributed by atoms with Gasteiger partial charge in [0.05, 0.1) is 5.69 Å². The van der Waals surface area contributed by atoms with Crippen LogP contribution < -0.4 is 10.2 Å². The first kappa shape index (κ1) is 16.3. The zero-order valence-corrected chi connectivity index (χ0v) is 14.5. The highest BCUT2D eigenvalue weighted by Crippen LogP contribution is 2.25. The summed E-state index contributed by atoms with van der Waals surface area (Å²) in [6, 6.07) is 12.8. The summed E-state index contributed by atoms with van der Waals surface area (Å²) in [5, 5.41) is 12.0. The van der Waals surface area contributed by atoms with Crippen LogP contribution in [0.5, 0.6) is 0 Å². The molecule has 5 nitrogen and oxygen atoms in total. The second kappa shape index (κ2) is 7.37. The number of rotatable bonds is 4. The van der Waals surface area contributed by atoms with Gasteiger partial charge in [0.2, 0.25) is 0 Å². The minimum absolute atomic E-state index is 0.00641. The van der Waals surface area contributed by atoms with Gasteiger partial charge in [-0.05, 0) is 47.0 Å². The minimum atomic E-state index is -0.469. The van der Waals surface area contributed by atoms with E-state index >= 15 is 0 Å². The fourth-order valence-corrected chi connectivity index (χ4v) is 2.95. The highest BCUT2D eigenvalue weighted by Gasteiger charge is 2.16. The SMILES string of the molecule is N#C/C(=C\c1ccc(N2CCCC2)o1)C(=O)Nc1ccccc1Br. The van der Waals surface area contributed by atoms with Crippen molar-refractivity contribution in [2.24, 2.45) is 0 Å². The van der Waals surface area contributed by atoms with Gasteiger partial charge in [-0.25, -0.2) is 0 Å². The summed E-state index contributed by atoms with van der Waals surface area (Å²) in [5.74, 6) is 0.807. The number of amides is 1. The summed E-state index contributed by atoms with van der Waals surface area (Å²) in [7, 11) is 0. The standard InChI is InChI=1S/C18H16BrN3O2/c19-15-5-1-2-6-16(15)21-18(23)13(12-20)11-14-7-8-17(24-14)22-9-3-4-10-22/h1-2,5-8,11H,3-4,9-10H2,(H,21,23)/b13-11+. The van der Waals surface area contributed by atoms with Gasteiger partial charge in [0.1, 0.15) is 17.4 Å². The highest BCUT2D eigenvalue weighted by molar-refractivity contribution is 9.10. The highest BCUT2D eigenvalue weighted by atomic mass is 79.9. The van der Waals surface area contributed by atoms with Gasteiger partial charge in [0.15, 0.2) is 5.88 Å². The lowest BCUT2D eigenvalue weighted by Crippen LogP contribution is -2.16. The molecule has 1 N–H and O–H groups in total. The molecule has 2 aromatic rings. The van der Waals surface area contributed by atoms with Crippen molar-refractivity contribution in [1.82, 2.24) is 0 Å². The van der Waals surface area contributed by atoms with Crippen LogP contribution >= 0.6 is 15.9 Å². The van der Waals surface area contributed by atoms with E-state index in [0.717, 1.165) is 36.3 Å². The van der Waals surface area contributed by atoms with Gasteiger partial charge < -0.3 is 14.6 Å². The molecule has 122 valence electrons. The summed E-state index contributed by atoms with van der Waals surface area (Å²) >= 11 is 3.36. The predicted octanol–water partition coefficient (Wildman–Crippen LogP) is 4.19. The number of halogens is 1. The maximum atomic E-state index is 12.3. The van der Waals surface area contributed by atoms with Crippen LogP contribution in [-0.4, -0.2) is 19.0 Å². The van der Waals surface area contributed by atoms with Crippen LogP contribution in [0.15, 0.2) is 50.9 Å². The molecule has 0 aliphatic carbocycles. The molecule has 0 spiro atoms. The van der Waals surface area contributed by atoms with Crippen molar-refractivity contribution in [2.75, 3.05) is 23.3 Å². The van der Waals surface area contributed by atoms with Crippen molar-refractivity contribution in [3.8, 4) is 6.07 Å². The molecule has 1 aliphatic rings. The van der Waals surface area contributed by atoms with Crippen molar-refractivity contribution in [1.29, 1.82) is 5.26 Å². The van der Waals surface area contributed by atoms with Gasteiger partial charge in [-0.2, -0.15) is 5.26 Å². The van der Waals surface area contributed by atoms with E-state index in [4.69, 9.17) is 4.42 Å². The van der Waals surface area contributed by atoms with Gasteiger partial charge >= 0.3 is 0 Å². The van der Waals surface area contributed by atoms with Gasteiger partial charge in [0, 0.05) is 29.7 Å². The quantitative estimate of drug-likeness (QED) is 0.632. The first-order valence-corrected chi connectivity index (χ1v) is 8.49. The summed E-state index contributed by atoms with van der Waals surface area (Å²) in [6.07, 6.45) is 3.78. The molecule has 0 radical (unpaired) electrons. The molecular weight excluding hydrogens is 370 g/mol. The Morgan fingerprint density at radius 2 is 2.00 bits per heavy atom. The third-order valence-corrected chi connectivity index (χ3v) is 4.50. The van der Waals surface area contributed by atoms with Crippen LogP contribution in [0.4, 0.5) is 11.6 Å². The number of nitriles is 1. The fraction of sp³-hybridized carbons (Fsp3) is 0.222. The minimum Gasteiger partial charge on any atom is -0.441 e. The van der Waals surface area contributed by atoms with E-state index in [1.165, 1.54) is 6.08 Å². The van der Waals surface area contributed by atoms with E-state index < -0.39 is 5.91 Å². The lowest BCUT2D eigenvalue weighted by molar-refractivity contribution is -0.112. The Labute approximate surface area is 148 Å². The van der Waals surface area contributed by atoms with Crippen molar-refractivity contribution >= 4 is 39.5 Å². The van der Waals surface area contributed by atoms with Gasteiger partial charge in [-0.1, -0.05) is 12.1 Å². The lowest BCUT2D eigenvalue weighted by Gasteiger charge is -2.12. The van der Waals surface area contributed by atoms with Crippen LogP contribution in [-0.2, 0) is 4.79 Å². The van der Waals surface area contributed by atoms with Crippen LogP contribution in [0.3, 0.4) is 0 Å². The molecule has 6 heteroatoms. The largest absolute Gasteiger partial charge is 0.441 e. The molecule has 1 fully saturated rings. The molecule has 0 unspecified atom stereocenters. The number of nitrogens with one attached hydrogen (secondary N) is 1. The Balaban J connectivity index is 1.75. The average molecular weight is 386 g/mol. The first-order chi connectivity index (χ1) is 11.7. The molecule has 1 aromatic carbocycles. The number of benzene rings is 1. The summed E-state index contributed by atoms with van der Waals surface area (Å²) in [4.78, 5) is 14.4. The van der Waals surface area contributed by atoms with E-state index in [-0.39, 0.29) is 5.57 Å². The smallest absolute Gasteiger partial charge is 0.266 e. The van der Waals surface area contributed by atoms with E-state index in [2.05, 4.69) is 26.1 Å². The molecule has 1 saturated heterocycles. The van der Waals surface area contributed by atoms with E-state index in [1.54, 1.807) is 12.1 Å². The first-order valence-electron chi connectivity index (χ1n) is 7.70. The Bertz CT molecular complexity index is 814. The molecule has 1 aliphatic heterocycles. The second-order valence-corrected chi connectivity index (χ2v) is 6.33. The molecule has 2 heterocycles. The summed E-state index contributed by atoms with van der Waals surface area (Å²) in [5.41, 5.74) is 0.605. The van der Waals surface area contributed by atoms with E-state index in [1.807, 2.05) is 30.3 Å². The monoisotopic (exact) mass is 385 g/mol. The Morgan fingerprint density at radius 1 is 1.25 bits per heavy atom. The average Bonchev–Trinajstić information content (AvgIpc) is 3.25. The molecular formula is C18H16BrN3O2. The molecule has 3 rings (SSSR count). The van der Waals surface area contributed by atoms with Gasteiger partial charge in [-0.3, -0.25) is 4.79 Å². The second-order valence-electron chi connectivity index (χ2n) is 5.47. The number of furan rings is 1. The fourth-order valence-electron chi connectivity index (χ4n) is 2.57. The zero-order valence-electron chi connectivity index (χ0n) is 13.0. The number of nitrogens with zero attached hydrogens (tertiary/aromatic N) is 2. The maximum absolute atomic E-state index is 12.3. The number of para-hydroxylation sites is 1. The molecule has 1 amide bonds. The third kappa shape index (κ3) is 3.69. The van der Waals surface area contributed by atoms with Crippen molar-refractivity contribution < 1.29 is 9.21 Å². The molecule has 0 bridgehead atoms. The van der Waals surface area contributed by atoms with Crippen LogP contribution in [0.25, 0.3) is 6.08 Å². The molecule has 24 heavy (non-hydrogen) atoms. The van der Waals surface area contributed by atoms with Crippen molar-refractivity contribution in [3.63, 3.8) is 0 Å². The van der Waals surface area contributed by atoms with Gasteiger partial charge in [-0.15, -0.1) is 0 Å². The Morgan fingerprint density at radius 3 is 2.71 bits per heavy atom. The number of anilines is 2. The van der Waals surface area contributed by atoms with Crippen molar-refractivity contribution in [2.45, 2.75) is 12.8 Å². The normalized spacial score (nSPS) is 14.5. The molecule has 1 aromatic heterocycles. The van der Waals surface area contributed by atoms with Crippen LogP contribution in [0, 0.1) is 11.3 Å². The van der Waals surface area contributed by atoms with E-state index in [0.29, 0.717) is 11.4 Å². The van der Waals surface area contributed by atoms with E-state index in [9.17, 15) is 10.1 Å². The zero-order chi connectivity index (χ0) is 16.9. The van der Waals surface area contributed by atoms with Crippen LogP contribution in [0.1, 0.15) is 18.6 Å². The number of carbonyl (C=O) groups excluding carboxylic acids is 1.